The maximum atomic E-state index is 13.7. The van der Waals surface area contributed by atoms with Crippen molar-refractivity contribution in [2.24, 2.45) is 0 Å². The van der Waals surface area contributed by atoms with Crippen LogP contribution in [0.25, 0.3) is 0 Å². The van der Waals surface area contributed by atoms with Gasteiger partial charge < -0.3 is 9.80 Å². The molecule has 22 heavy (non-hydrogen) atoms. The number of benzene rings is 1. The van der Waals surface area contributed by atoms with E-state index < -0.39 is 0 Å². The minimum absolute atomic E-state index is 0.0223. The molecule has 1 saturated heterocycles. The highest BCUT2D eigenvalue weighted by molar-refractivity contribution is 5.84. The molecule has 1 heterocycles. The second-order valence-corrected chi connectivity index (χ2v) is 5.84. The molecule has 0 aliphatic carbocycles. The van der Waals surface area contributed by atoms with Crippen molar-refractivity contribution < 1.29 is 14.0 Å². The molecule has 2 amide bonds. The molecule has 2 rings (SSSR count). The van der Waals surface area contributed by atoms with Crippen molar-refractivity contribution in [1.29, 1.82) is 0 Å². The van der Waals surface area contributed by atoms with E-state index >= 15 is 0 Å². The van der Waals surface area contributed by atoms with Crippen LogP contribution in [0.15, 0.2) is 24.3 Å². The van der Waals surface area contributed by atoms with Gasteiger partial charge in [0.1, 0.15) is 11.9 Å². The summed E-state index contributed by atoms with van der Waals surface area (Å²) >= 11 is 0. The number of carbonyl (C=O) groups excluding carboxylic acids is 2. The predicted octanol–water partition coefficient (Wildman–Crippen LogP) is 0.599. The van der Waals surface area contributed by atoms with E-state index in [4.69, 9.17) is 0 Å². The monoisotopic (exact) mass is 307 g/mol. The van der Waals surface area contributed by atoms with Gasteiger partial charge in [-0.2, -0.15) is 0 Å². The van der Waals surface area contributed by atoms with E-state index in [1.54, 1.807) is 37.2 Å². The zero-order valence-corrected chi connectivity index (χ0v) is 13.3. The Balaban J connectivity index is 2.04. The van der Waals surface area contributed by atoms with Crippen molar-refractivity contribution in [3.63, 3.8) is 0 Å². The Bertz CT molecular complexity index is 562. The van der Waals surface area contributed by atoms with E-state index in [9.17, 15) is 14.0 Å². The minimum atomic E-state index is -0.370. The SMILES string of the molecule is CN(C)C(=O)C1CN(C(=O)Cc2ccccc2F)CCN1C. The summed E-state index contributed by atoms with van der Waals surface area (Å²) in [6.45, 7) is 1.54. The van der Waals surface area contributed by atoms with Crippen LogP contribution in [0.3, 0.4) is 0 Å². The normalized spacial score (nSPS) is 19.1. The molecule has 0 bridgehead atoms. The summed E-state index contributed by atoms with van der Waals surface area (Å²) in [6.07, 6.45) is 0.0270. The summed E-state index contributed by atoms with van der Waals surface area (Å²) < 4.78 is 13.7. The van der Waals surface area contributed by atoms with Crippen molar-refractivity contribution in [1.82, 2.24) is 14.7 Å². The molecule has 120 valence electrons. The van der Waals surface area contributed by atoms with E-state index in [0.29, 0.717) is 25.2 Å². The molecule has 1 aliphatic heterocycles. The van der Waals surface area contributed by atoms with Gasteiger partial charge in [-0.3, -0.25) is 14.5 Å². The molecule has 0 radical (unpaired) electrons. The number of rotatable bonds is 3. The third kappa shape index (κ3) is 3.62. The van der Waals surface area contributed by atoms with Gasteiger partial charge in [-0.25, -0.2) is 4.39 Å². The molecule has 1 atom stereocenters. The second-order valence-electron chi connectivity index (χ2n) is 5.84. The summed E-state index contributed by atoms with van der Waals surface area (Å²) in [5.74, 6) is -0.536. The van der Waals surface area contributed by atoms with Crippen LogP contribution in [0.5, 0.6) is 0 Å². The Kier molecular flexibility index (Phi) is 5.13. The third-order valence-electron chi connectivity index (χ3n) is 4.03. The predicted molar refractivity (Wildman–Crippen MR) is 81.8 cm³/mol. The maximum Gasteiger partial charge on any atom is 0.241 e. The fourth-order valence-corrected chi connectivity index (χ4v) is 2.58. The summed E-state index contributed by atoms with van der Waals surface area (Å²) in [5, 5.41) is 0. The number of carbonyl (C=O) groups is 2. The lowest BCUT2D eigenvalue weighted by atomic mass is 10.1. The van der Waals surface area contributed by atoms with Crippen LogP contribution in [0, 0.1) is 5.82 Å². The molecular weight excluding hydrogens is 285 g/mol. The van der Waals surface area contributed by atoms with Crippen LogP contribution < -0.4 is 0 Å². The van der Waals surface area contributed by atoms with Crippen molar-refractivity contribution in [3.05, 3.63) is 35.6 Å². The highest BCUT2D eigenvalue weighted by atomic mass is 19.1. The van der Waals surface area contributed by atoms with Crippen LogP contribution in [-0.4, -0.2) is 73.3 Å². The highest BCUT2D eigenvalue weighted by Crippen LogP contribution is 2.13. The molecule has 0 aromatic heterocycles. The molecule has 1 fully saturated rings. The lowest BCUT2D eigenvalue weighted by Crippen LogP contribution is -2.58. The first-order valence-corrected chi connectivity index (χ1v) is 7.32. The highest BCUT2D eigenvalue weighted by Gasteiger charge is 2.33. The lowest BCUT2D eigenvalue weighted by molar-refractivity contribution is -0.141. The van der Waals surface area contributed by atoms with E-state index in [1.165, 1.54) is 11.0 Å². The lowest BCUT2D eigenvalue weighted by Gasteiger charge is -2.39. The van der Waals surface area contributed by atoms with Crippen LogP contribution in [0.1, 0.15) is 5.56 Å². The van der Waals surface area contributed by atoms with Gasteiger partial charge in [0.2, 0.25) is 11.8 Å². The van der Waals surface area contributed by atoms with Gasteiger partial charge in [0.05, 0.1) is 6.42 Å². The standard InChI is InChI=1S/C16H22FN3O2/c1-18(2)16(22)14-11-20(9-8-19(14)3)15(21)10-12-6-4-5-7-13(12)17/h4-7,14H,8-11H2,1-3H3. The average molecular weight is 307 g/mol. The van der Waals surface area contributed by atoms with Crippen molar-refractivity contribution in [2.45, 2.75) is 12.5 Å². The molecule has 1 aliphatic rings. The number of amides is 2. The van der Waals surface area contributed by atoms with Gasteiger partial charge in [-0.15, -0.1) is 0 Å². The Labute approximate surface area is 130 Å². The van der Waals surface area contributed by atoms with Gasteiger partial charge in [0.25, 0.3) is 0 Å². The molecular formula is C16H22FN3O2. The number of hydrogen-bond acceptors (Lipinski definition) is 3. The molecule has 0 N–H and O–H groups in total. The third-order valence-corrected chi connectivity index (χ3v) is 4.03. The largest absolute Gasteiger partial charge is 0.347 e. The summed E-state index contributed by atoms with van der Waals surface area (Å²) in [4.78, 5) is 29.7. The molecule has 0 spiro atoms. The van der Waals surface area contributed by atoms with Crippen LogP contribution in [0.2, 0.25) is 0 Å². The number of hydrogen-bond donors (Lipinski definition) is 0. The van der Waals surface area contributed by atoms with E-state index in [0.717, 1.165) is 0 Å². The zero-order chi connectivity index (χ0) is 16.3. The topological polar surface area (TPSA) is 43.9 Å². The molecule has 5 nitrogen and oxygen atoms in total. The summed E-state index contributed by atoms with van der Waals surface area (Å²) in [7, 11) is 5.29. The van der Waals surface area contributed by atoms with Gasteiger partial charge in [0, 0.05) is 33.7 Å². The van der Waals surface area contributed by atoms with Gasteiger partial charge in [-0.05, 0) is 18.7 Å². The van der Waals surface area contributed by atoms with Crippen LogP contribution in [-0.2, 0) is 16.0 Å². The van der Waals surface area contributed by atoms with Gasteiger partial charge in [0.15, 0.2) is 0 Å². The number of piperazine rings is 1. The molecule has 6 heteroatoms. The number of nitrogens with zero attached hydrogens (tertiary/aromatic N) is 3. The Morgan fingerprint density at radius 1 is 1.27 bits per heavy atom. The first-order chi connectivity index (χ1) is 10.4. The second kappa shape index (κ2) is 6.87. The molecule has 0 saturated carbocycles. The summed E-state index contributed by atoms with van der Waals surface area (Å²) in [5.41, 5.74) is 0.391. The van der Waals surface area contributed by atoms with Crippen molar-refractivity contribution in [2.75, 3.05) is 40.8 Å². The van der Waals surface area contributed by atoms with E-state index in [1.807, 2.05) is 11.9 Å². The Morgan fingerprint density at radius 2 is 1.95 bits per heavy atom. The average Bonchev–Trinajstić information content (AvgIpc) is 2.49. The van der Waals surface area contributed by atoms with Gasteiger partial charge >= 0.3 is 0 Å². The summed E-state index contributed by atoms with van der Waals surface area (Å²) in [6, 6.07) is 5.95. The van der Waals surface area contributed by atoms with Gasteiger partial charge in [-0.1, -0.05) is 18.2 Å². The van der Waals surface area contributed by atoms with E-state index in [-0.39, 0.29) is 30.1 Å². The first kappa shape index (κ1) is 16.4. The minimum Gasteiger partial charge on any atom is -0.347 e. The van der Waals surface area contributed by atoms with Crippen molar-refractivity contribution >= 4 is 11.8 Å². The fraction of sp³-hybridized carbons (Fsp3) is 0.500. The Hall–Kier alpha value is -1.95. The first-order valence-electron chi connectivity index (χ1n) is 7.32. The maximum absolute atomic E-state index is 13.7. The zero-order valence-electron chi connectivity index (χ0n) is 13.3. The quantitative estimate of drug-likeness (QED) is 0.821. The van der Waals surface area contributed by atoms with Crippen LogP contribution in [0.4, 0.5) is 4.39 Å². The molecule has 1 unspecified atom stereocenters. The smallest absolute Gasteiger partial charge is 0.241 e. The molecule has 1 aromatic carbocycles. The number of halogens is 1. The molecule has 1 aromatic rings. The Morgan fingerprint density at radius 3 is 2.59 bits per heavy atom. The van der Waals surface area contributed by atoms with Crippen LogP contribution >= 0.6 is 0 Å². The fourth-order valence-electron chi connectivity index (χ4n) is 2.58. The van der Waals surface area contributed by atoms with Crippen molar-refractivity contribution in [3.8, 4) is 0 Å². The van der Waals surface area contributed by atoms with E-state index in [2.05, 4.69) is 0 Å². The number of likely N-dealkylation sites (N-methyl/N-ethyl adjacent to an activating group) is 2.